The molecule has 1 aliphatic heterocycles. The van der Waals surface area contributed by atoms with Crippen molar-refractivity contribution in [3.63, 3.8) is 0 Å². The van der Waals surface area contributed by atoms with Crippen LogP contribution in [-0.4, -0.2) is 18.6 Å². The zero-order valence-electron chi connectivity index (χ0n) is 14.1. The Morgan fingerprint density at radius 3 is 1.79 bits per heavy atom. The number of benzene rings is 2. The summed E-state index contributed by atoms with van der Waals surface area (Å²) in [5, 5.41) is 0. The molecule has 0 saturated carbocycles. The molecule has 2 amide bonds. The lowest BCUT2D eigenvalue weighted by atomic mass is 10.0. The number of amides is 2. The number of hydrogen-bond donors (Lipinski definition) is 2. The lowest BCUT2D eigenvalue weighted by Crippen LogP contribution is -2.41. The maximum atomic E-state index is 12.9. The molecule has 0 atom stereocenters. The van der Waals surface area contributed by atoms with E-state index in [1.807, 2.05) is 5.43 Å². The molecule has 2 aromatic carbocycles. The van der Waals surface area contributed by atoms with Gasteiger partial charge >= 0.3 is 12.4 Å². The van der Waals surface area contributed by atoms with E-state index in [9.17, 15) is 35.9 Å². The smallest absolute Gasteiger partial charge is 0.416 e. The summed E-state index contributed by atoms with van der Waals surface area (Å²) in [4.78, 5) is 24.1. The Kier molecular flexibility index (Phi) is 5.03. The standard InChI is InChI=1S/C17H10F6N2O4/c18-16(19,20)10-3-9(4-11(6-10)17(21,22)23)15(27)25-24-14(26)8-1-2-12-13(5-8)29-7-28-12/h1-6H,7H2,(H,24,26)(H,25,27). The summed E-state index contributed by atoms with van der Waals surface area (Å²) in [6, 6.07) is 4.41. The summed E-state index contributed by atoms with van der Waals surface area (Å²) in [5.74, 6) is -1.60. The molecule has 2 aromatic rings. The highest BCUT2D eigenvalue weighted by Gasteiger charge is 2.37. The molecule has 0 saturated heterocycles. The summed E-state index contributed by atoms with van der Waals surface area (Å²) >= 11 is 0. The lowest BCUT2D eigenvalue weighted by Gasteiger charge is -2.14. The van der Waals surface area contributed by atoms with Crippen molar-refractivity contribution in [2.24, 2.45) is 0 Å². The summed E-state index contributed by atoms with van der Waals surface area (Å²) < 4.78 is 87.2. The van der Waals surface area contributed by atoms with Gasteiger partial charge < -0.3 is 9.47 Å². The molecule has 0 radical (unpaired) electrons. The van der Waals surface area contributed by atoms with Gasteiger partial charge in [-0.3, -0.25) is 20.4 Å². The van der Waals surface area contributed by atoms with Gasteiger partial charge in [-0.25, -0.2) is 0 Å². The van der Waals surface area contributed by atoms with Gasteiger partial charge in [0.2, 0.25) is 6.79 Å². The van der Waals surface area contributed by atoms with Gasteiger partial charge in [0.05, 0.1) is 11.1 Å². The maximum absolute atomic E-state index is 12.9. The third-order valence-electron chi connectivity index (χ3n) is 3.77. The first-order valence-corrected chi connectivity index (χ1v) is 7.75. The number of fused-ring (bicyclic) bond motifs is 1. The third-order valence-corrected chi connectivity index (χ3v) is 3.77. The van der Waals surface area contributed by atoms with Crippen LogP contribution in [0, 0.1) is 0 Å². The number of hydrazine groups is 1. The molecular weight excluding hydrogens is 410 g/mol. The Bertz CT molecular complexity index is 939. The van der Waals surface area contributed by atoms with Crippen molar-refractivity contribution < 1.29 is 45.4 Å². The summed E-state index contributed by atoms with van der Waals surface area (Å²) in [6.07, 6.45) is -10.2. The summed E-state index contributed by atoms with van der Waals surface area (Å²) in [5.41, 5.74) is -0.545. The van der Waals surface area contributed by atoms with E-state index < -0.39 is 40.9 Å². The first-order valence-electron chi connectivity index (χ1n) is 7.75. The molecule has 2 N–H and O–H groups in total. The number of halogens is 6. The van der Waals surface area contributed by atoms with Crippen molar-refractivity contribution in [3.05, 3.63) is 58.7 Å². The van der Waals surface area contributed by atoms with Crippen LogP contribution in [0.5, 0.6) is 11.5 Å². The second kappa shape index (κ2) is 7.18. The Morgan fingerprint density at radius 2 is 1.24 bits per heavy atom. The van der Waals surface area contributed by atoms with E-state index in [0.717, 1.165) is 0 Å². The molecule has 0 aliphatic carbocycles. The van der Waals surface area contributed by atoms with E-state index in [-0.39, 0.29) is 36.3 Å². The van der Waals surface area contributed by atoms with Crippen LogP contribution < -0.4 is 20.3 Å². The van der Waals surface area contributed by atoms with E-state index in [2.05, 4.69) is 0 Å². The van der Waals surface area contributed by atoms with Crippen molar-refractivity contribution >= 4 is 11.8 Å². The molecular formula is C17H10F6N2O4. The molecule has 0 spiro atoms. The van der Waals surface area contributed by atoms with E-state index >= 15 is 0 Å². The minimum atomic E-state index is -5.11. The molecule has 1 aliphatic rings. The van der Waals surface area contributed by atoms with Gasteiger partial charge in [0.25, 0.3) is 11.8 Å². The van der Waals surface area contributed by atoms with E-state index in [0.29, 0.717) is 5.75 Å². The fourth-order valence-corrected chi connectivity index (χ4v) is 2.38. The summed E-state index contributed by atoms with van der Waals surface area (Å²) in [7, 11) is 0. The van der Waals surface area contributed by atoms with Crippen LogP contribution in [0.25, 0.3) is 0 Å². The van der Waals surface area contributed by atoms with Crippen molar-refractivity contribution in [2.45, 2.75) is 12.4 Å². The SMILES string of the molecule is O=C(NNC(=O)c1ccc2c(c1)OCO2)c1cc(C(F)(F)F)cc(C(F)(F)F)c1. The molecule has 29 heavy (non-hydrogen) atoms. The summed E-state index contributed by atoms with van der Waals surface area (Å²) in [6.45, 7) is -0.0474. The average Bonchev–Trinajstić information content (AvgIpc) is 3.11. The molecule has 0 aromatic heterocycles. The second-order valence-electron chi connectivity index (χ2n) is 5.77. The van der Waals surface area contributed by atoms with E-state index in [1.165, 1.54) is 18.2 Å². The van der Waals surface area contributed by atoms with Crippen molar-refractivity contribution in [1.82, 2.24) is 10.9 Å². The number of carbonyl (C=O) groups excluding carboxylic acids is 2. The first-order chi connectivity index (χ1) is 13.4. The fraction of sp³-hybridized carbons (Fsp3) is 0.176. The van der Waals surface area contributed by atoms with Gasteiger partial charge in [0.15, 0.2) is 11.5 Å². The van der Waals surface area contributed by atoms with Gasteiger partial charge in [0.1, 0.15) is 0 Å². The van der Waals surface area contributed by atoms with Gasteiger partial charge in [-0.1, -0.05) is 0 Å². The number of ether oxygens (including phenoxy) is 2. The molecule has 0 bridgehead atoms. The zero-order chi connectivity index (χ0) is 21.4. The lowest BCUT2D eigenvalue weighted by molar-refractivity contribution is -0.143. The maximum Gasteiger partial charge on any atom is 0.416 e. The van der Waals surface area contributed by atoms with Crippen LogP contribution in [0.2, 0.25) is 0 Å². The minimum absolute atomic E-state index is 0.00886. The van der Waals surface area contributed by atoms with Crippen LogP contribution in [0.1, 0.15) is 31.8 Å². The van der Waals surface area contributed by atoms with Crippen LogP contribution >= 0.6 is 0 Å². The molecule has 0 unspecified atom stereocenters. The molecule has 12 heteroatoms. The number of nitrogens with one attached hydrogen (secondary N) is 2. The Balaban J connectivity index is 1.77. The molecule has 1 heterocycles. The zero-order valence-corrected chi connectivity index (χ0v) is 14.1. The average molecular weight is 420 g/mol. The largest absolute Gasteiger partial charge is 0.454 e. The van der Waals surface area contributed by atoms with Crippen LogP contribution in [0.15, 0.2) is 36.4 Å². The van der Waals surface area contributed by atoms with E-state index in [4.69, 9.17) is 9.47 Å². The number of hydrogen-bond acceptors (Lipinski definition) is 4. The predicted molar refractivity (Wildman–Crippen MR) is 83.9 cm³/mol. The predicted octanol–water partition coefficient (Wildman–Crippen LogP) is 3.53. The molecule has 6 nitrogen and oxygen atoms in total. The highest BCUT2D eigenvalue weighted by molar-refractivity contribution is 5.99. The molecule has 154 valence electrons. The van der Waals surface area contributed by atoms with Crippen molar-refractivity contribution in [1.29, 1.82) is 0 Å². The Labute approximate surface area is 158 Å². The minimum Gasteiger partial charge on any atom is -0.454 e. The van der Waals surface area contributed by atoms with Gasteiger partial charge in [0, 0.05) is 11.1 Å². The van der Waals surface area contributed by atoms with Gasteiger partial charge in [-0.05, 0) is 36.4 Å². The van der Waals surface area contributed by atoms with Crippen LogP contribution in [-0.2, 0) is 12.4 Å². The third kappa shape index (κ3) is 4.52. The Hall–Kier alpha value is -3.44. The van der Waals surface area contributed by atoms with Crippen molar-refractivity contribution in [2.75, 3.05) is 6.79 Å². The monoisotopic (exact) mass is 420 g/mol. The molecule has 3 rings (SSSR count). The Morgan fingerprint density at radius 1 is 0.724 bits per heavy atom. The highest BCUT2D eigenvalue weighted by Crippen LogP contribution is 2.36. The number of rotatable bonds is 2. The topological polar surface area (TPSA) is 76.7 Å². The molecule has 0 fully saturated rings. The van der Waals surface area contributed by atoms with Gasteiger partial charge in [-0.15, -0.1) is 0 Å². The number of alkyl halides is 6. The normalized spacial score (nSPS) is 13.2. The quantitative estimate of drug-likeness (QED) is 0.576. The van der Waals surface area contributed by atoms with E-state index in [1.54, 1.807) is 5.43 Å². The van der Waals surface area contributed by atoms with Gasteiger partial charge in [-0.2, -0.15) is 26.3 Å². The second-order valence-corrected chi connectivity index (χ2v) is 5.77. The van der Waals surface area contributed by atoms with Crippen molar-refractivity contribution in [3.8, 4) is 11.5 Å². The fourth-order valence-electron chi connectivity index (χ4n) is 2.38. The highest BCUT2D eigenvalue weighted by atomic mass is 19.4. The van der Waals surface area contributed by atoms with Crippen LogP contribution in [0.3, 0.4) is 0 Å². The number of carbonyl (C=O) groups is 2. The van der Waals surface area contributed by atoms with Crippen LogP contribution in [0.4, 0.5) is 26.3 Å². The first kappa shape index (κ1) is 20.3.